The summed E-state index contributed by atoms with van der Waals surface area (Å²) < 4.78 is 6.42. The van der Waals surface area contributed by atoms with Crippen molar-refractivity contribution in [1.82, 2.24) is 4.90 Å². The van der Waals surface area contributed by atoms with E-state index in [1.807, 2.05) is 24.3 Å². The Hall–Kier alpha value is -1.56. The molecule has 1 fully saturated rings. The van der Waals surface area contributed by atoms with E-state index in [-0.39, 0.29) is 12.3 Å². The number of hydrogen-bond donors (Lipinski definition) is 1. The minimum absolute atomic E-state index is 0.0521. The lowest BCUT2D eigenvalue weighted by atomic mass is 10.1. The number of halogens is 1. The van der Waals surface area contributed by atoms with Gasteiger partial charge in [0.25, 0.3) is 0 Å². The maximum Gasteiger partial charge on any atom is 0.308 e. The molecule has 1 atom stereocenters. The van der Waals surface area contributed by atoms with E-state index in [4.69, 9.17) is 9.84 Å². The third kappa shape index (κ3) is 3.96. The van der Waals surface area contributed by atoms with Crippen LogP contribution in [-0.2, 0) is 9.59 Å². The van der Waals surface area contributed by atoms with E-state index in [2.05, 4.69) is 15.9 Å². The smallest absolute Gasteiger partial charge is 0.308 e. The highest BCUT2D eigenvalue weighted by molar-refractivity contribution is 9.10. The van der Waals surface area contributed by atoms with Crippen LogP contribution in [0.1, 0.15) is 12.8 Å². The fourth-order valence-corrected chi connectivity index (χ4v) is 2.54. The Morgan fingerprint density at radius 1 is 1.45 bits per heavy atom. The normalized spacial score (nSPS) is 18.1. The van der Waals surface area contributed by atoms with Gasteiger partial charge < -0.3 is 14.7 Å². The van der Waals surface area contributed by atoms with Gasteiger partial charge in [-0.3, -0.25) is 9.59 Å². The van der Waals surface area contributed by atoms with Crippen molar-refractivity contribution in [2.45, 2.75) is 12.8 Å². The molecule has 2 rings (SSSR count). The summed E-state index contributed by atoms with van der Waals surface area (Å²) in [5.41, 5.74) is 0. The molecule has 5 nitrogen and oxygen atoms in total. The van der Waals surface area contributed by atoms with Crippen LogP contribution in [0.25, 0.3) is 0 Å². The second-order valence-corrected chi connectivity index (χ2v) is 5.64. The number of benzene rings is 1. The second kappa shape index (κ2) is 6.74. The fourth-order valence-electron chi connectivity index (χ4n) is 2.16. The molecule has 1 aromatic rings. The van der Waals surface area contributed by atoms with Crippen LogP contribution in [0.5, 0.6) is 5.75 Å². The highest BCUT2D eigenvalue weighted by atomic mass is 79.9. The van der Waals surface area contributed by atoms with Crippen LogP contribution in [-0.4, -0.2) is 41.6 Å². The maximum absolute atomic E-state index is 11.9. The lowest BCUT2D eigenvalue weighted by Gasteiger charge is -2.16. The molecule has 1 N–H and O–H groups in total. The molecule has 1 aliphatic heterocycles. The van der Waals surface area contributed by atoms with E-state index in [1.165, 1.54) is 0 Å². The first-order chi connectivity index (χ1) is 9.56. The highest BCUT2D eigenvalue weighted by Crippen LogP contribution is 2.19. The Labute approximate surface area is 125 Å². The standard InChI is InChI=1S/C14H16BrNO4/c15-11-2-1-3-12(8-11)20-7-5-13(17)16-6-4-10(9-16)14(18)19/h1-3,8,10H,4-7,9H2,(H,18,19)/t10-/m1/s1. The summed E-state index contributed by atoms with van der Waals surface area (Å²) in [5.74, 6) is -0.601. The Morgan fingerprint density at radius 3 is 2.90 bits per heavy atom. The monoisotopic (exact) mass is 341 g/mol. The molecule has 1 aliphatic rings. The quantitative estimate of drug-likeness (QED) is 0.890. The second-order valence-electron chi connectivity index (χ2n) is 4.72. The minimum atomic E-state index is -0.828. The molecule has 1 heterocycles. The van der Waals surface area contributed by atoms with Crippen molar-refractivity contribution in [2.75, 3.05) is 19.7 Å². The number of amides is 1. The summed E-state index contributed by atoms with van der Waals surface area (Å²) in [6.45, 7) is 1.13. The molecule has 0 bridgehead atoms. The van der Waals surface area contributed by atoms with Gasteiger partial charge in [0.15, 0.2) is 0 Å². The van der Waals surface area contributed by atoms with Gasteiger partial charge in [0, 0.05) is 17.6 Å². The van der Waals surface area contributed by atoms with E-state index in [9.17, 15) is 9.59 Å². The number of carboxylic acids is 1. The van der Waals surface area contributed by atoms with E-state index in [0.29, 0.717) is 31.9 Å². The molecule has 20 heavy (non-hydrogen) atoms. The number of rotatable bonds is 5. The molecule has 0 saturated carbocycles. The molecule has 0 radical (unpaired) electrons. The van der Waals surface area contributed by atoms with Crippen LogP contribution in [0.3, 0.4) is 0 Å². The summed E-state index contributed by atoms with van der Waals surface area (Å²) >= 11 is 3.35. The van der Waals surface area contributed by atoms with Crippen molar-refractivity contribution in [3.63, 3.8) is 0 Å². The van der Waals surface area contributed by atoms with Gasteiger partial charge in [-0.15, -0.1) is 0 Å². The molecule has 0 aromatic heterocycles. The van der Waals surface area contributed by atoms with Gasteiger partial charge in [0.05, 0.1) is 18.9 Å². The number of carbonyl (C=O) groups is 2. The predicted octanol–water partition coefficient (Wildman–Crippen LogP) is 2.15. The molecule has 0 unspecified atom stereocenters. The number of likely N-dealkylation sites (tertiary alicyclic amines) is 1. The van der Waals surface area contributed by atoms with Crippen molar-refractivity contribution < 1.29 is 19.4 Å². The Bertz CT molecular complexity index is 506. The number of hydrogen-bond acceptors (Lipinski definition) is 3. The van der Waals surface area contributed by atoms with Crippen molar-refractivity contribution in [3.05, 3.63) is 28.7 Å². The highest BCUT2D eigenvalue weighted by Gasteiger charge is 2.30. The zero-order chi connectivity index (χ0) is 14.5. The van der Waals surface area contributed by atoms with Crippen molar-refractivity contribution >= 4 is 27.8 Å². The van der Waals surface area contributed by atoms with Crippen LogP contribution >= 0.6 is 15.9 Å². The third-order valence-corrected chi connectivity index (χ3v) is 3.76. The summed E-state index contributed by atoms with van der Waals surface area (Å²) in [5, 5.41) is 8.90. The third-order valence-electron chi connectivity index (χ3n) is 3.27. The van der Waals surface area contributed by atoms with Gasteiger partial charge in [-0.1, -0.05) is 22.0 Å². The molecule has 6 heteroatoms. The molecular weight excluding hydrogens is 326 g/mol. The topological polar surface area (TPSA) is 66.8 Å². The van der Waals surface area contributed by atoms with Gasteiger partial charge in [-0.2, -0.15) is 0 Å². The van der Waals surface area contributed by atoms with E-state index < -0.39 is 11.9 Å². The molecule has 1 amide bonds. The van der Waals surface area contributed by atoms with Crippen molar-refractivity contribution in [3.8, 4) is 5.75 Å². The lowest BCUT2D eigenvalue weighted by Crippen LogP contribution is -2.30. The van der Waals surface area contributed by atoms with Gasteiger partial charge in [-0.05, 0) is 24.6 Å². The zero-order valence-corrected chi connectivity index (χ0v) is 12.5. The molecule has 108 valence electrons. The van der Waals surface area contributed by atoms with Crippen LogP contribution in [0.4, 0.5) is 0 Å². The summed E-state index contributed by atoms with van der Waals surface area (Å²) in [7, 11) is 0. The zero-order valence-electron chi connectivity index (χ0n) is 10.9. The number of aliphatic carboxylic acids is 1. The molecule has 0 aliphatic carbocycles. The molecule has 0 spiro atoms. The van der Waals surface area contributed by atoms with E-state index in [1.54, 1.807) is 4.90 Å². The van der Waals surface area contributed by atoms with Gasteiger partial charge in [0.1, 0.15) is 5.75 Å². The first kappa shape index (κ1) is 14.8. The Morgan fingerprint density at radius 2 is 2.25 bits per heavy atom. The number of nitrogens with zero attached hydrogens (tertiary/aromatic N) is 1. The average molecular weight is 342 g/mol. The Balaban J connectivity index is 1.75. The van der Waals surface area contributed by atoms with Crippen molar-refractivity contribution in [1.29, 1.82) is 0 Å². The molecule has 1 aromatic carbocycles. The summed E-state index contributed by atoms with van der Waals surface area (Å²) in [6, 6.07) is 7.42. The fraction of sp³-hybridized carbons (Fsp3) is 0.429. The average Bonchev–Trinajstić information content (AvgIpc) is 2.88. The molecule has 1 saturated heterocycles. The number of carboxylic acid groups (broad SMARTS) is 1. The maximum atomic E-state index is 11.9. The Kier molecular flexibility index (Phi) is 5.00. The predicted molar refractivity (Wildman–Crippen MR) is 76.6 cm³/mol. The van der Waals surface area contributed by atoms with Crippen LogP contribution in [0.2, 0.25) is 0 Å². The van der Waals surface area contributed by atoms with Crippen molar-refractivity contribution in [2.24, 2.45) is 5.92 Å². The first-order valence-electron chi connectivity index (χ1n) is 6.45. The number of ether oxygens (including phenoxy) is 1. The first-order valence-corrected chi connectivity index (χ1v) is 7.24. The van der Waals surface area contributed by atoms with Crippen LogP contribution in [0.15, 0.2) is 28.7 Å². The lowest BCUT2D eigenvalue weighted by molar-refractivity contribution is -0.141. The minimum Gasteiger partial charge on any atom is -0.493 e. The summed E-state index contributed by atoms with van der Waals surface area (Å²) in [6.07, 6.45) is 0.798. The molecular formula is C14H16BrNO4. The van der Waals surface area contributed by atoms with Gasteiger partial charge in [0.2, 0.25) is 5.91 Å². The van der Waals surface area contributed by atoms with Crippen LogP contribution in [0, 0.1) is 5.92 Å². The largest absolute Gasteiger partial charge is 0.493 e. The summed E-state index contributed by atoms with van der Waals surface area (Å²) in [4.78, 5) is 24.3. The SMILES string of the molecule is O=C(O)[C@@H]1CCN(C(=O)CCOc2cccc(Br)c2)C1. The van der Waals surface area contributed by atoms with Gasteiger partial charge in [-0.25, -0.2) is 0 Å². The van der Waals surface area contributed by atoms with Gasteiger partial charge >= 0.3 is 5.97 Å². The van der Waals surface area contributed by atoms with E-state index >= 15 is 0 Å². The van der Waals surface area contributed by atoms with E-state index in [0.717, 1.165) is 4.47 Å². The number of carbonyl (C=O) groups excluding carboxylic acids is 1. The van der Waals surface area contributed by atoms with Crippen LogP contribution < -0.4 is 4.74 Å².